The fraction of sp³-hybridized carbons (Fsp3) is 0.917. The summed E-state index contributed by atoms with van der Waals surface area (Å²) < 4.78 is 4.93. The number of nitrogens with one attached hydrogen (secondary N) is 1. The summed E-state index contributed by atoms with van der Waals surface area (Å²) >= 11 is 0. The Bertz CT molecular complexity index is 210. The second-order valence-electron chi connectivity index (χ2n) is 4.77. The van der Waals surface area contributed by atoms with E-state index >= 15 is 0 Å². The van der Waals surface area contributed by atoms with E-state index in [1.165, 1.54) is 25.7 Å². The molecule has 0 aromatic carbocycles. The van der Waals surface area contributed by atoms with Crippen molar-refractivity contribution in [3.63, 3.8) is 0 Å². The van der Waals surface area contributed by atoms with Crippen molar-refractivity contribution in [2.24, 2.45) is 22.6 Å². The molecule has 0 unspecified atom stereocenters. The van der Waals surface area contributed by atoms with Gasteiger partial charge in [-0.3, -0.25) is 4.99 Å². The lowest BCUT2D eigenvalue weighted by atomic mass is 9.83. The molecule has 0 aromatic rings. The molecule has 0 atom stereocenters. The van der Waals surface area contributed by atoms with E-state index in [0.29, 0.717) is 12.6 Å². The summed E-state index contributed by atoms with van der Waals surface area (Å²) in [6.45, 7) is 4.60. The minimum Gasteiger partial charge on any atom is -0.383 e. The average molecular weight is 227 g/mol. The maximum absolute atomic E-state index is 5.74. The summed E-state index contributed by atoms with van der Waals surface area (Å²) in [7, 11) is 1.68. The van der Waals surface area contributed by atoms with Crippen LogP contribution in [-0.2, 0) is 4.74 Å². The van der Waals surface area contributed by atoms with Gasteiger partial charge in [0.25, 0.3) is 0 Å². The molecule has 1 rings (SSSR count). The Hall–Kier alpha value is -0.770. The quantitative estimate of drug-likeness (QED) is 0.423. The van der Waals surface area contributed by atoms with Crippen LogP contribution in [-0.4, -0.2) is 32.8 Å². The van der Waals surface area contributed by atoms with Crippen molar-refractivity contribution in [1.82, 2.24) is 5.32 Å². The Balaban J connectivity index is 2.14. The highest BCUT2D eigenvalue weighted by Gasteiger charge is 2.17. The highest BCUT2D eigenvalue weighted by molar-refractivity contribution is 5.77. The van der Waals surface area contributed by atoms with Crippen LogP contribution in [0.25, 0.3) is 0 Å². The van der Waals surface area contributed by atoms with Crippen molar-refractivity contribution in [3.8, 4) is 0 Å². The number of nitrogens with two attached hydrogens (primary N) is 1. The molecule has 0 aromatic heterocycles. The van der Waals surface area contributed by atoms with Crippen LogP contribution in [0, 0.1) is 11.8 Å². The predicted molar refractivity (Wildman–Crippen MR) is 67.5 cm³/mol. The average Bonchev–Trinajstić information content (AvgIpc) is 2.29. The zero-order valence-electron chi connectivity index (χ0n) is 10.5. The van der Waals surface area contributed by atoms with Gasteiger partial charge >= 0.3 is 0 Å². The maximum Gasteiger partial charge on any atom is 0.188 e. The second kappa shape index (κ2) is 7.49. The monoisotopic (exact) mass is 227 g/mol. The Labute approximate surface area is 98.6 Å². The lowest BCUT2D eigenvalue weighted by Gasteiger charge is -2.24. The van der Waals surface area contributed by atoms with E-state index in [0.717, 1.165) is 24.9 Å². The predicted octanol–water partition coefficient (Wildman–Crippen LogP) is 1.36. The summed E-state index contributed by atoms with van der Waals surface area (Å²) in [5.41, 5.74) is 5.74. The molecule has 0 spiro atoms. The van der Waals surface area contributed by atoms with Crippen LogP contribution in [0.3, 0.4) is 0 Å². The number of hydrogen-bond donors (Lipinski definition) is 2. The zero-order chi connectivity index (χ0) is 11.8. The lowest BCUT2D eigenvalue weighted by molar-refractivity contribution is 0.204. The first-order chi connectivity index (χ1) is 7.72. The molecule has 0 saturated heterocycles. The molecule has 4 heteroatoms. The van der Waals surface area contributed by atoms with Gasteiger partial charge in [0.2, 0.25) is 0 Å². The molecule has 0 amide bonds. The zero-order valence-corrected chi connectivity index (χ0v) is 10.5. The number of nitrogens with zero attached hydrogens (tertiary/aromatic N) is 1. The summed E-state index contributed by atoms with van der Waals surface area (Å²) in [6, 6.07) is 0. The molecule has 3 N–H and O–H groups in total. The maximum atomic E-state index is 5.74. The van der Waals surface area contributed by atoms with Gasteiger partial charge in [-0.2, -0.15) is 0 Å². The molecule has 1 aliphatic rings. The molecule has 0 heterocycles. The number of rotatable bonds is 5. The van der Waals surface area contributed by atoms with Gasteiger partial charge in [-0.25, -0.2) is 0 Å². The second-order valence-corrected chi connectivity index (χ2v) is 4.77. The van der Waals surface area contributed by atoms with Crippen LogP contribution in [0.15, 0.2) is 4.99 Å². The highest BCUT2D eigenvalue weighted by Crippen LogP contribution is 2.28. The minimum absolute atomic E-state index is 0.552. The lowest BCUT2D eigenvalue weighted by Crippen LogP contribution is -2.34. The first-order valence-electron chi connectivity index (χ1n) is 6.25. The topological polar surface area (TPSA) is 59.6 Å². The van der Waals surface area contributed by atoms with E-state index in [4.69, 9.17) is 10.5 Å². The first kappa shape index (κ1) is 13.3. The fourth-order valence-electron chi connectivity index (χ4n) is 2.08. The fourth-order valence-corrected chi connectivity index (χ4v) is 2.08. The molecule has 1 aliphatic carbocycles. The van der Waals surface area contributed by atoms with Gasteiger partial charge in [0.1, 0.15) is 0 Å². The molecular weight excluding hydrogens is 202 g/mol. The summed E-state index contributed by atoms with van der Waals surface area (Å²) in [6.07, 6.45) is 5.29. The minimum atomic E-state index is 0.552. The van der Waals surface area contributed by atoms with Crippen molar-refractivity contribution < 1.29 is 4.74 Å². The van der Waals surface area contributed by atoms with Gasteiger partial charge < -0.3 is 15.8 Å². The molecule has 0 bridgehead atoms. The van der Waals surface area contributed by atoms with Crippen LogP contribution in [0.5, 0.6) is 0 Å². The normalized spacial score (nSPS) is 26.8. The molecular formula is C12H25N3O. The molecule has 4 nitrogen and oxygen atoms in total. The number of aliphatic imine (C=N–C) groups is 1. The third-order valence-corrected chi connectivity index (χ3v) is 3.27. The Morgan fingerprint density at radius 2 is 2.06 bits per heavy atom. The summed E-state index contributed by atoms with van der Waals surface area (Å²) in [5, 5.41) is 3.03. The highest BCUT2D eigenvalue weighted by atomic mass is 16.5. The van der Waals surface area contributed by atoms with Crippen LogP contribution < -0.4 is 11.1 Å². The first-order valence-corrected chi connectivity index (χ1v) is 6.25. The van der Waals surface area contributed by atoms with Crippen LogP contribution >= 0.6 is 0 Å². The summed E-state index contributed by atoms with van der Waals surface area (Å²) in [4.78, 5) is 4.37. The van der Waals surface area contributed by atoms with Crippen LogP contribution in [0.1, 0.15) is 32.6 Å². The van der Waals surface area contributed by atoms with Gasteiger partial charge in [-0.1, -0.05) is 19.8 Å². The van der Waals surface area contributed by atoms with E-state index in [1.807, 2.05) is 0 Å². The van der Waals surface area contributed by atoms with E-state index in [-0.39, 0.29) is 0 Å². The van der Waals surface area contributed by atoms with Crippen molar-refractivity contribution in [2.45, 2.75) is 32.6 Å². The van der Waals surface area contributed by atoms with E-state index in [1.54, 1.807) is 7.11 Å². The summed E-state index contributed by atoms with van der Waals surface area (Å²) in [5.74, 6) is 2.19. The van der Waals surface area contributed by atoms with E-state index in [9.17, 15) is 0 Å². The van der Waals surface area contributed by atoms with Gasteiger partial charge in [0, 0.05) is 20.2 Å². The Kier molecular flexibility index (Phi) is 6.23. The largest absolute Gasteiger partial charge is 0.383 e. The molecule has 0 aliphatic heterocycles. The van der Waals surface area contributed by atoms with Gasteiger partial charge in [0.15, 0.2) is 5.96 Å². The number of guanidine groups is 1. The molecule has 1 saturated carbocycles. The van der Waals surface area contributed by atoms with Gasteiger partial charge in [-0.15, -0.1) is 0 Å². The van der Waals surface area contributed by atoms with Gasteiger partial charge in [-0.05, 0) is 24.7 Å². The van der Waals surface area contributed by atoms with E-state index in [2.05, 4.69) is 17.2 Å². The third-order valence-electron chi connectivity index (χ3n) is 3.27. The molecule has 16 heavy (non-hydrogen) atoms. The Morgan fingerprint density at radius 3 is 2.69 bits per heavy atom. The Morgan fingerprint density at radius 1 is 1.38 bits per heavy atom. The number of methoxy groups -OCH3 is 1. The molecule has 94 valence electrons. The van der Waals surface area contributed by atoms with Crippen molar-refractivity contribution >= 4 is 5.96 Å². The number of ether oxygens (including phenoxy) is 1. The third kappa shape index (κ3) is 5.35. The van der Waals surface area contributed by atoms with Crippen molar-refractivity contribution in [2.75, 3.05) is 26.8 Å². The van der Waals surface area contributed by atoms with Gasteiger partial charge in [0.05, 0.1) is 6.61 Å². The van der Waals surface area contributed by atoms with Crippen LogP contribution in [0.4, 0.5) is 0 Å². The van der Waals surface area contributed by atoms with Crippen LogP contribution in [0.2, 0.25) is 0 Å². The van der Waals surface area contributed by atoms with Crippen molar-refractivity contribution in [1.29, 1.82) is 0 Å². The smallest absolute Gasteiger partial charge is 0.188 e. The molecule has 0 radical (unpaired) electrons. The standard InChI is InChI=1S/C12H25N3O/c1-10-3-5-11(6-4-10)9-15-12(13)14-7-8-16-2/h10-11H,3-9H2,1-2H3,(H3,13,14,15). The number of hydrogen-bond acceptors (Lipinski definition) is 2. The molecule has 1 fully saturated rings. The SMILES string of the molecule is COCCNC(N)=NCC1CCC(C)CC1. The van der Waals surface area contributed by atoms with Crippen molar-refractivity contribution in [3.05, 3.63) is 0 Å². The van der Waals surface area contributed by atoms with E-state index < -0.39 is 0 Å².